The molecule has 1 aliphatic heterocycles. The molecule has 82 valence electrons. The second-order valence-corrected chi connectivity index (χ2v) is 4.11. The van der Waals surface area contributed by atoms with E-state index in [0.717, 1.165) is 25.0 Å². The first-order valence-electron chi connectivity index (χ1n) is 5.19. The van der Waals surface area contributed by atoms with Gasteiger partial charge in [0.1, 0.15) is 5.82 Å². The molecule has 15 heavy (non-hydrogen) atoms. The summed E-state index contributed by atoms with van der Waals surface area (Å²) < 4.78 is 5.29. The molecule has 0 aliphatic carbocycles. The van der Waals surface area contributed by atoms with Crippen molar-refractivity contribution in [1.82, 2.24) is 4.98 Å². The summed E-state index contributed by atoms with van der Waals surface area (Å²) in [5.41, 5.74) is 5.86. The maximum Gasteiger partial charge on any atom is 0.126 e. The molecule has 0 saturated carbocycles. The van der Waals surface area contributed by atoms with Crippen molar-refractivity contribution in [2.45, 2.75) is 24.9 Å². The van der Waals surface area contributed by atoms with E-state index in [1.54, 1.807) is 6.20 Å². The lowest BCUT2D eigenvalue weighted by Gasteiger charge is -2.32. The van der Waals surface area contributed by atoms with Gasteiger partial charge in [0.25, 0.3) is 0 Å². The molecule has 4 heteroatoms. The van der Waals surface area contributed by atoms with Crippen molar-refractivity contribution >= 4 is 5.82 Å². The van der Waals surface area contributed by atoms with Gasteiger partial charge in [-0.05, 0) is 24.5 Å². The number of anilines is 1. The summed E-state index contributed by atoms with van der Waals surface area (Å²) in [7, 11) is 0. The van der Waals surface area contributed by atoms with Gasteiger partial charge in [0.15, 0.2) is 0 Å². The Morgan fingerprint density at radius 1 is 1.60 bits per heavy atom. The van der Waals surface area contributed by atoms with Crippen molar-refractivity contribution in [3.63, 3.8) is 0 Å². The number of nitrogens with two attached hydrogens (primary N) is 1. The highest BCUT2D eigenvalue weighted by Gasteiger charge is 2.30. The van der Waals surface area contributed by atoms with E-state index in [0.29, 0.717) is 18.8 Å². The molecule has 0 aromatic carbocycles. The van der Waals surface area contributed by atoms with E-state index in [1.165, 1.54) is 0 Å². The Labute approximate surface area is 89.1 Å². The number of hydrogen-bond acceptors (Lipinski definition) is 4. The average Bonchev–Trinajstić information content (AvgIpc) is 2.22. The van der Waals surface area contributed by atoms with Crippen molar-refractivity contribution < 1.29 is 9.84 Å². The van der Waals surface area contributed by atoms with E-state index in [1.807, 2.05) is 12.1 Å². The summed E-state index contributed by atoms with van der Waals surface area (Å²) in [6.45, 7) is 1.13. The van der Waals surface area contributed by atoms with Gasteiger partial charge in [0.2, 0.25) is 0 Å². The lowest BCUT2D eigenvalue weighted by Crippen LogP contribution is -2.40. The molecule has 1 atom stereocenters. The van der Waals surface area contributed by atoms with Crippen LogP contribution in [0.5, 0.6) is 0 Å². The first kappa shape index (κ1) is 10.4. The number of nitrogens with zero attached hydrogens (tertiary/aromatic N) is 1. The molecule has 2 rings (SSSR count). The van der Waals surface area contributed by atoms with Gasteiger partial charge >= 0.3 is 0 Å². The van der Waals surface area contributed by atoms with Crippen LogP contribution >= 0.6 is 0 Å². The van der Waals surface area contributed by atoms with Crippen molar-refractivity contribution in [3.05, 3.63) is 23.9 Å². The summed E-state index contributed by atoms with van der Waals surface area (Å²) >= 11 is 0. The highest BCUT2D eigenvalue weighted by atomic mass is 16.5. The summed E-state index contributed by atoms with van der Waals surface area (Å²) in [5, 5.41) is 10.2. The van der Waals surface area contributed by atoms with Crippen LogP contribution in [0, 0.1) is 0 Å². The second-order valence-electron chi connectivity index (χ2n) is 4.11. The predicted octanol–water partition coefficient (Wildman–Crippen LogP) is 0.748. The SMILES string of the molecule is Nc1ncccc1CC1(O)CCCOC1. The molecule has 2 heterocycles. The second kappa shape index (κ2) is 4.16. The number of nitrogen functional groups attached to an aromatic ring is 1. The normalized spacial score (nSPS) is 26.5. The molecule has 0 spiro atoms. The topological polar surface area (TPSA) is 68.4 Å². The lowest BCUT2D eigenvalue weighted by molar-refractivity contribution is -0.0844. The van der Waals surface area contributed by atoms with Crippen molar-refractivity contribution in [3.8, 4) is 0 Å². The Morgan fingerprint density at radius 3 is 3.13 bits per heavy atom. The van der Waals surface area contributed by atoms with Gasteiger partial charge in [-0.15, -0.1) is 0 Å². The highest BCUT2D eigenvalue weighted by Crippen LogP contribution is 2.25. The smallest absolute Gasteiger partial charge is 0.126 e. The number of hydrogen-bond donors (Lipinski definition) is 2. The maximum absolute atomic E-state index is 10.2. The number of pyridine rings is 1. The molecule has 1 aliphatic rings. The van der Waals surface area contributed by atoms with E-state index >= 15 is 0 Å². The third-order valence-corrected chi connectivity index (χ3v) is 2.75. The molecule has 1 aromatic rings. The minimum Gasteiger partial charge on any atom is -0.387 e. The Bertz CT molecular complexity index is 335. The zero-order valence-electron chi connectivity index (χ0n) is 8.65. The van der Waals surface area contributed by atoms with Crippen LogP contribution in [-0.2, 0) is 11.2 Å². The van der Waals surface area contributed by atoms with E-state index in [2.05, 4.69) is 4.98 Å². The van der Waals surface area contributed by atoms with E-state index in [4.69, 9.17) is 10.5 Å². The lowest BCUT2D eigenvalue weighted by atomic mass is 9.89. The largest absolute Gasteiger partial charge is 0.387 e. The van der Waals surface area contributed by atoms with E-state index in [9.17, 15) is 5.11 Å². The van der Waals surface area contributed by atoms with Crippen molar-refractivity contribution in [2.24, 2.45) is 0 Å². The molecule has 1 saturated heterocycles. The van der Waals surface area contributed by atoms with Gasteiger partial charge in [-0.2, -0.15) is 0 Å². The Morgan fingerprint density at radius 2 is 2.47 bits per heavy atom. The van der Waals surface area contributed by atoms with E-state index in [-0.39, 0.29) is 0 Å². The number of aliphatic hydroxyl groups is 1. The third-order valence-electron chi connectivity index (χ3n) is 2.75. The first-order chi connectivity index (χ1) is 7.20. The highest BCUT2D eigenvalue weighted by molar-refractivity contribution is 5.39. The molecule has 1 unspecified atom stereocenters. The fourth-order valence-corrected chi connectivity index (χ4v) is 1.93. The zero-order valence-corrected chi connectivity index (χ0v) is 8.65. The average molecular weight is 208 g/mol. The van der Waals surface area contributed by atoms with Crippen LogP contribution in [0.1, 0.15) is 18.4 Å². The van der Waals surface area contributed by atoms with E-state index < -0.39 is 5.60 Å². The monoisotopic (exact) mass is 208 g/mol. The summed E-state index contributed by atoms with van der Waals surface area (Å²) in [6, 6.07) is 3.73. The summed E-state index contributed by atoms with van der Waals surface area (Å²) in [5.74, 6) is 0.497. The van der Waals surface area contributed by atoms with Gasteiger partial charge in [-0.1, -0.05) is 6.07 Å². The number of aromatic nitrogens is 1. The quantitative estimate of drug-likeness (QED) is 0.752. The third kappa shape index (κ3) is 2.46. The fourth-order valence-electron chi connectivity index (χ4n) is 1.93. The van der Waals surface area contributed by atoms with Crippen LogP contribution in [0.4, 0.5) is 5.82 Å². The van der Waals surface area contributed by atoms with Crippen LogP contribution < -0.4 is 5.73 Å². The number of rotatable bonds is 2. The Hall–Kier alpha value is -1.13. The van der Waals surface area contributed by atoms with Gasteiger partial charge in [-0.3, -0.25) is 0 Å². The molecular formula is C11H16N2O2. The van der Waals surface area contributed by atoms with Crippen LogP contribution in [0.25, 0.3) is 0 Å². The zero-order chi connectivity index (χ0) is 10.7. The van der Waals surface area contributed by atoms with Gasteiger partial charge in [-0.25, -0.2) is 4.98 Å². The predicted molar refractivity (Wildman–Crippen MR) is 57.4 cm³/mol. The molecule has 1 fully saturated rings. The molecule has 4 nitrogen and oxygen atoms in total. The van der Waals surface area contributed by atoms with Crippen LogP contribution in [0.15, 0.2) is 18.3 Å². The standard InChI is InChI=1S/C11H16N2O2/c12-10-9(3-1-5-13-10)7-11(14)4-2-6-15-8-11/h1,3,5,14H,2,4,6-8H2,(H2,12,13). The van der Waals surface area contributed by atoms with Gasteiger partial charge in [0.05, 0.1) is 12.2 Å². The summed E-state index contributed by atoms with van der Waals surface area (Å²) in [4.78, 5) is 4.00. The minimum atomic E-state index is -0.768. The van der Waals surface area contributed by atoms with Gasteiger partial charge in [0, 0.05) is 19.2 Å². The molecular weight excluding hydrogens is 192 g/mol. The fraction of sp³-hybridized carbons (Fsp3) is 0.545. The molecule has 0 radical (unpaired) electrons. The Kier molecular flexibility index (Phi) is 2.88. The van der Waals surface area contributed by atoms with Crippen LogP contribution in [-0.4, -0.2) is 28.9 Å². The van der Waals surface area contributed by atoms with Crippen molar-refractivity contribution in [1.29, 1.82) is 0 Å². The molecule has 1 aromatic heterocycles. The molecule has 3 N–H and O–H groups in total. The minimum absolute atomic E-state index is 0.390. The summed E-state index contributed by atoms with van der Waals surface area (Å²) in [6.07, 6.45) is 3.84. The first-order valence-corrected chi connectivity index (χ1v) is 5.19. The van der Waals surface area contributed by atoms with Crippen LogP contribution in [0.2, 0.25) is 0 Å². The molecule has 0 amide bonds. The van der Waals surface area contributed by atoms with Crippen molar-refractivity contribution in [2.75, 3.05) is 18.9 Å². The van der Waals surface area contributed by atoms with Gasteiger partial charge < -0.3 is 15.6 Å². The van der Waals surface area contributed by atoms with Crippen LogP contribution in [0.3, 0.4) is 0 Å². The maximum atomic E-state index is 10.2. The molecule has 0 bridgehead atoms. The number of ether oxygens (including phenoxy) is 1. The Balaban J connectivity index is 2.10.